The maximum atomic E-state index is 11.8. The quantitative estimate of drug-likeness (QED) is 0.926. The van der Waals surface area contributed by atoms with Gasteiger partial charge in [0.25, 0.3) is 5.91 Å². The normalized spacial score (nSPS) is 10.3. The zero-order valence-corrected chi connectivity index (χ0v) is 11.7. The van der Waals surface area contributed by atoms with Gasteiger partial charge in [-0.15, -0.1) is 11.3 Å². The molecule has 0 unspecified atom stereocenters. The predicted octanol–water partition coefficient (Wildman–Crippen LogP) is 3.17. The van der Waals surface area contributed by atoms with Crippen LogP contribution >= 0.6 is 27.3 Å². The lowest BCUT2D eigenvalue weighted by Crippen LogP contribution is -2.13. The molecule has 0 aliphatic rings. The van der Waals surface area contributed by atoms with Crippen LogP contribution in [0.1, 0.15) is 21.1 Å². The van der Waals surface area contributed by atoms with Crippen LogP contribution in [0.15, 0.2) is 22.8 Å². The lowest BCUT2D eigenvalue weighted by atomic mass is 10.3. The zero-order chi connectivity index (χ0) is 12.4. The second-order valence-corrected chi connectivity index (χ2v) is 5.60. The Hall–Kier alpha value is -1.27. The number of hydrogen-bond acceptors (Lipinski definition) is 4. The Labute approximate surface area is 111 Å². The molecule has 0 saturated carbocycles. The van der Waals surface area contributed by atoms with Gasteiger partial charge < -0.3 is 0 Å². The van der Waals surface area contributed by atoms with Crippen molar-refractivity contribution < 1.29 is 4.79 Å². The highest BCUT2D eigenvalue weighted by molar-refractivity contribution is 9.10. The molecule has 0 atom stereocenters. The number of aromatic nitrogens is 2. The molecule has 0 aliphatic heterocycles. The molecule has 0 fully saturated rings. The number of aryl methyl sites for hydroxylation is 2. The molecule has 1 N–H and O–H groups in total. The molecule has 0 bridgehead atoms. The van der Waals surface area contributed by atoms with E-state index in [9.17, 15) is 4.79 Å². The molecule has 2 rings (SSSR count). The Morgan fingerprint density at radius 2 is 2.18 bits per heavy atom. The van der Waals surface area contributed by atoms with Crippen LogP contribution in [-0.2, 0) is 0 Å². The summed E-state index contributed by atoms with van der Waals surface area (Å²) in [6, 6.07) is 3.44. The summed E-state index contributed by atoms with van der Waals surface area (Å²) in [5, 5.41) is 3.34. The van der Waals surface area contributed by atoms with Crippen molar-refractivity contribution in [2.75, 3.05) is 5.32 Å². The van der Waals surface area contributed by atoms with Crippen LogP contribution in [0.2, 0.25) is 0 Å². The van der Waals surface area contributed by atoms with Gasteiger partial charge in [0.2, 0.25) is 0 Å². The Morgan fingerprint density at radius 1 is 1.41 bits per heavy atom. The van der Waals surface area contributed by atoms with Gasteiger partial charge in [-0.3, -0.25) is 10.1 Å². The van der Waals surface area contributed by atoms with E-state index in [0.29, 0.717) is 10.8 Å². The number of rotatable bonds is 2. The molecule has 88 valence electrons. The molecular formula is C11H10BrN3OS. The monoisotopic (exact) mass is 311 g/mol. The fraction of sp³-hybridized carbons (Fsp3) is 0.182. The summed E-state index contributed by atoms with van der Waals surface area (Å²) >= 11 is 4.73. The van der Waals surface area contributed by atoms with E-state index in [-0.39, 0.29) is 5.91 Å². The number of anilines is 1. The van der Waals surface area contributed by atoms with E-state index in [1.807, 2.05) is 13.8 Å². The number of pyridine rings is 1. The van der Waals surface area contributed by atoms with Gasteiger partial charge >= 0.3 is 0 Å². The van der Waals surface area contributed by atoms with Gasteiger partial charge in [-0.2, -0.15) is 0 Å². The molecule has 0 aromatic carbocycles. The van der Waals surface area contributed by atoms with Crippen LogP contribution in [-0.4, -0.2) is 15.9 Å². The summed E-state index contributed by atoms with van der Waals surface area (Å²) < 4.78 is 0.843. The maximum absolute atomic E-state index is 11.8. The Morgan fingerprint density at radius 3 is 2.71 bits per heavy atom. The van der Waals surface area contributed by atoms with Crippen molar-refractivity contribution in [3.8, 4) is 0 Å². The lowest BCUT2D eigenvalue weighted by Gasteiger charge is -2.00. The summed E-state index contributed by atoms with van der Waals surface area (Å²) in [5.41, 5.74) is 1.31. The lowest BCUT2D eigenvalue weighted by molar-refractivity contribution is 0.102. The molecule has 2 aromatic rings. The highest BCUT2D eigenvalue weighted by atomic mass is 79.9. The third-order valence-electron chi connectivity index (χ3n) is 2.21. The molecule has 0 aliphatic carbocycles. The van der Waals surface area contributed by atoms with E-state index in [1.54, 1.807) is 18.3 Å². The molecule has 6 heteroatoms. The summed E-state index contributed by atoms with van der Waals surface area (Å²) in [4.78, 5) is 21.2. The van der Waals surface area contributed by atoms with Gasteiger partial charge in [0.1, 0.15) is 5.69 Å². The highest BCUT2D eigenvalue weighted by Crippen LogP contribution is 2.21. The summed E-state index contributed by atoms with van der Waals surface area (Å²) in [7, 11) is 0. The smallest absolute Gasteiger partial charge is 0.276 e. The molecule has 0 saturated heterocycles. The van der Waals surface area contributed by atoms with E-state index in [4.69, 9.17) is 0 Å². The van der Waals surface area contributed by atoms with Gasteiger partial charge in [-0.1, -0.05) is 0 Å². The molecule has 2 aromatic heterocycles. The SMILES string of the molecule is Cc1nc(NC(=O)c2ccc(Br)cn2)sc1C. The van der Waals surface area contributed by atoms with Crippen molar-refractivity contribution in [2.24, 2.45) is 0 Å². The van der Waals surface area contributed by atoms with Crippen LogP contribution in [0.5, 0.6) is 0 Å². The van der Waals surface area contributed by atoms with Crippen molar-refractivity contribution in [3.05, 3.63) is 39.1 Å². The maximum Gasteiger partial charge on any atom is 0.276 e. The average molecular weight is 312 g/mol. The minimum atomic E-state index is -0.244. The molecule has 2 heterocycles. The number of halogens is 1. The van der Waals surface area contributed by atoms with Crippen LogP contribution in [0.3, 0.4) is 0 Å². The highest BCUT2D eigenvalue weighted by Gasteiger charge is 2.10. The first-order valence-electron chi connectivity index (χ1n) is 4.93. The van der Waals surface area contributed by atoms with Gasteiger partial charge in [0, 0.05) is 15.5 Å². The first-order valence-corrected chi connectivity index (χ1v) is 6.54. The van der Waals surface area contributed by atoms with Crippen LogP contribution < -0.4 is 5.32 Å². The largest absolute Gasteiger partial charge is 0.296 e. The molecular weight excluding hydrogens is 302 g/mol. The number of carbonyl (C=O) groups is 1. The summed E-state index contributed by atoms with van der Waals surface area (Å²) in [6.07, 6.45) is 1.59. The first kappa shape index (κ1) is 12.2. The van der Waals surface area contributed by atoms with Crippen molar-refractivity contribution in [3.63, 3.8) is 0 Å². The number of thiazole rings is 1. The number of hydrogen-bond donors (Lipinski definition) is 1. The second kappa shape index (κ2) is 4.93. The van der Waals surface area contributed by atoms with Crippen molar-refractivity contribution in [1.29, 1.82) is 0 Å². The standard InChI is InChI=1S/C11H10BrN3OS/c1-6-7(2)17-11(14-6)15-10(16)9-4-3-8(12)5-13-9/h3-5H,1-2H3,(H,14,15,16). The van der Waals surface area contributed by atoms with Crippen LogP contribution in [0.25, 0.3) is 0 Å². The van der Waals surface area contributed by atoms with E-state index in [1.165, 1.54) is 11.3 Å². The molecule has 17 heavy (non-hydrogen) atoms. The van der Waals surface area contributed by atoms with Crippen molar-refractivity contribution in [1.82, 2.24) is 9.97 Å². The zero-order valence-electron chi connectivity index (χ0n) is 9.32. The number of amides is 1. The van der Waals surface area contributed by atoms with Gasteiger partial charge in [0.05, 0.1) is 5.69 Å². The number of nitrogens with one attached hydrogen (secondary N) is 1. The minimum absolute atomic E-state index is 0.244. The van der Waals surface area contributed by atoms with Crippen LogP contribution in [0, 0.1) is 13.8 Å². The third kappa shape index (κ3) is 2.89. The van der Waals surface area contributed by atoms with Crippen LogP contribution in [0.4, 0.5) is 5.13 Å². The second-order valence-electron chi connectivity index (χ2n) is 3.48. The Balaban J connectivity index is 2.14. The summed E-state index contributed by atoms with van der Waals surface area (Å²) in [6.45, 7) is 3.89. The number of nitrogens with zero attached hydrogens (tertiary/aromatic N) is 2. The van der Waals surface area contributed by atoms with Gasteiger partial charge in [-0.25, -0.2) is 9.97 Å². The van der Waals surface area contributed by atoms with E-state index >= 15 is 0 Å². The first-order chi connectivity index (χ1) is 8.06. The van der Waals surface area contributed by atoms with Gasteiger partial charge in [-0.05, 0) is 41.9 Å². The summed E-state index contributed by atoms with van der Waals surface area (Å²) in [5.74, 6) is -0.244. The molecule has 1 amide bonds. The number of carbonyl (C=O) groups excluding carboxylic acids is 1. The third-order valence-corrected chi connectivity index (χ3v) is 3.67. The fourth-order valence-electron chi connectivity index (χ4n) is 1.20. The van der Waals surface area contributed by atoms with E-state index < -0.39 is 0 Å². The predicted molar refractivity (Wildman–Crippen MR) is 71.5 cm³/mol. The van der Waals surface area contributed by atoms with E-state index in [0.717, 1.165) is 15.0 Å². The fourth-order valence-corrected chi connectivity index (χ4v) is 2.24. The molecule has 4 nitrogen and oxygen atoms in total. The van der Waals surface area contributed by atoms with Gasteiger partial charge in [0.15, 0.2) is 5.13 Å². The average Bonchev–Trinajstić information content (AvgIpc) is 2.58. The Kier molecular flexibility index (Phi) is 3.54. The van der Waals surface area contributed by atoms with E-state index in [2.05, 4.69) is 31.2 Å². The topological polar surface area (TPSA) is 54.9 Å². The van der Waals surface area contributed by atoms with Crippen molar-refractivity contribution in [2.45, 2.75) is 13.8 Å². The molecule has 0 spiro atoms. The Bertz CT molecular complexity index is 531. The molecule has 0 radical (unpaired) electrons. The van der Waals surface area contributed by atoms with Crippen molar-refractivity contribution >= 4 is 38.3 Å². The minimum Gasteiger partial charge on any atom is -0.296 e.